The number of carbonyl (C=O) groups excluding carboxylic acids is 1. The molecule has 2 N–H and O–H groups in total. The molecule has 1 aliphatic heterocycles. The Morgan fingerprint density at radius 3 is 2.62 bits per heavy atom. The van der Waals surface area contributed by atoms with Crippen LogP contribution in [0.3, 0.4) is 0 Å². The normalized spacial score (nSPS) is 25.5. The summed E-state index contributed by atoms with van der Waals surface area (Å²) in [5.41, 5.74) is 8.25. The molecule has 4 rings (SSSR count). The molecule has 0 radical (unpaired) electrons. The Kier molecular flexibility index (Phi) is 6.01. The van der Waals surface area contributed by atoms with Gasteiger partial charge in [0.2, 0.25) is 0 Å². The van der Waals surface area contributed by atoms with Crippen LogP contribution in [-0.4, -0.2) is 39.9 Å². The summed E-state index contributed by atoms with van der Waals surface area (Å²) in [5, 5.41) is 0. The van der Waals surface area contributed by atoms with Crippen molar-refractivity contribution >= 4 is 41.8 Å². The average Bonchev–Trinajstić information content (AvgIpc) is 2.99. The number of fused-ring (bicyclic) bond motifs is 2. The van der Waals surface area contributed by atoms with E-state index in [4.69, 9.17) is 5.73 Å². The second-order valence-corrected chi connectivity index (χ2v) is 6.47. The zero-order chi connectivity index (χ0) is 15.1. The van der Waals surface area contributed by atoms with E-state index < -0.39 is 0 Å². The molecule has 130 valence electrons. The second kappa shape index (κ2) is 7.64. The Hall–Kier alpha value is -1.43. The Morgan fingerprint density at radius 1 is 1.12 bits per heavy atom. The number of hydrogen-bond donors (Lipinski definition) is 1. The van der Waals surface area contributed by atoms with Crippen LogP contribution in [0.5, 0.6) is 0 Å². The largest absolute Gasteiger partial charge is 0.337 e. The lowest BCUT2D eigenvalue weighted by Crippen LogP contribution is -2.38. The van der Waals surface area contributed by atoms with Crippen molar-refractivity contribution in [1.82, 2.24) is 14.9 Å². The molecule has 2 aromatic rings. The van der Waals surface area contributed by atoms with Crippen molar-refractivity contribution in [3.8, 4) is 0 Å². The van der Waals surface area contributed by atoms with E-state index >= 15 is 0 Å². The van der Waals surface area contributed by atoms with E-state index in [1.54, 1.807) is 6.20 Å². The molecule has 3 atom stereocenters. The standard InChI is InChI=1S/C17H20N4O.2ClH/c18-13-5-3-4-11-9-21(10-12(11)13)17(22)16-8-19-14-6-1-2-7-15(14)20-16;;/h1-2,6-8,11-13H,3-5,9-10,18H2;2*1H. The van der Waals surface area contributed by atoms with Crippen LogP contribution >= 0.6 is 24.8 Å². The number of para-hydroxylation sites is 2. The molecule has 2 heterocycles. The number of likely N-dealkylation sites (tertiary alicyclic amines) is 1. The van der Waals surface area contributed by atoms with E-state index in [2.05, 4.69) is 9.97 Å². The average molecular weight is 369 g/mol. The number of nitrogens with two attached hydrogens (primary N) is 1. The fourth-order valence-electron chi connectivity index (χ4n) is 3.90. The molecule has 0 bridgehead atoms. The highest BCUT2D eigenvalue weighted by molar-refractivity contribution is 5.94. The summed E-state index contributed by atoms with van der Waals surface area (Å²) in [6.07, 6.45) is 5.04. The predicted molar refractivity (Wildman–Crippen MR) is 98.7 cm³/mol. The van der Waals surface area contributed by atoms with Crippen LogP contribution in [0.25, 0.3) is 11.0 Å². The molecule has 1 aliphatic carbocycles. The van der Waals surface area contributed by atoms with Gasteiger partial charge in [-0.2, -0.15) is 0 Å². The third-order valence-electron chi connectivity index (χ3n) is 5.11. The maximum Gasteiger partial charge on any atom is 0.274 e. The summed E-state index contributed by atoms with van der Waals surface area (Å²) in [7, 11) is 0. The van der Waals surface area contributed by atoms with Crippen LogP contribution in [0.15, 0.2) is 30.5 Å². The molecular formula is C17H22Cl2N4O. The minimum Gasteiger partial charge on any atom is -0.337 e. The van der Waals surface area contributed by atoms with Gasteiger partial charge in [0, 0.05) is 19.1 Å². The van der Waals surface area contributed by atoms with Crippen LogP contribution in [0.4, 0.5) is 0 Å². The van der Waals surface area contributed by atoms with Gasteiger partial charge in [-0.3, -0.25) is 9.78 Å². The molecule has 1 aromatic heterocycles. The minimum absolute atomic E-state index is 0. The molecule has 1 saturated carbocycles. The first-order valence-corrected chi connectivity index (χ1v) is 7.99. The molecular weight excluding hydrogens is 347 g/mol. The second-order valence-electron chi connectivity index (χ2n) is 6.47. The number of rotatable bonds is 1. The molecule has 24 heavy (non-hydrogen) atoms. The number of benzene rings is 1. The predicted octanol–water partition coefficient (Wildman–Crippen LogP) is 2.67. The fourth-order valence-corrected chi connectivity index (χ4v) is 3.90. The van der Waals surface area contributed by atoms with Gasteiger partial charge in [-0.15, -0.1) is 24.8 Å². The Morgan fingerprint density at radius 2 is 1.88 bits per heavy atom. The van der Waals surface area contributed by atoms with E-state index in [-0.39, 0.29) is 36.8 Å². The lowest BCUT2D eigenvalue weighted by atomic mass is 9.78. The maximum atomic E-state index is 12.7. The molecule has 0 spiro atoms. The van der Waals surface area contributed by atoms with Crippen molar-refractivity contribution in [1.29, 1.82) is 0 Å². The zero-order valence-electron chi connectivity index (χ0n) is 13.3. The number of carbonyl (C=O) groups is 1. The first-order chi connectivity index (χ1) is 10.7. The first kappa shape index (κ1) is 18.9. The SMILES string of the molecule is Cl.Cl.NC1CCCC2CN(C(=O)c3cnc4ccccc4n3)CC12. The van der Waals surface area contributed by atoms with Gasteiger partial charge < -0.3 is 10.6 Å². The highest BCUT2D eigenvalue weighted by Crippen LogP contribution is 2.35. The number of amides is 1. The van der Waals surface area contributed by atoms with Crippen LogP contribution in [-0.2, 0) is 0 Å². The third kappa shape index (κ3) is 3.34. The van der Waals surface area contributed by atoms with Crippen LogP contribution < -0.4 is 5.73 Å². The summed E-state index contributed by atoms with van der Waals surface area (Å²) in [4.78, 5) is 23.5. The van der Waals surface area contributed by atoms with Crippen LogP contribution in [0, 0.1) is 11.8 Å². The summed E-state index contributed by atoms with van der Waals surface area (Å²) in [6.45, 7) is 1.57. The highest BCUT2D eigenvalue weighted by atomic mass is 35.5. The smallest absolute Gasteiger partial charge is 0.274 e. The monoisotopic (exact) mass is 368 g/mol. The number of nitrogens with zero attached hydrogens (tertiary/aromatic N) is 3. The van der Waals surface area contributed by atoms with Gasteiger partial charge in [-0.05, 0) is 36.8 Å². The Labute approximate surface area is 153 Å². The van der Waals surface area contributed by atoms with Crippen molar-refractivity contribution in [2.75, 3.05) is 13.1 Å². The van der Waals surface area contributed by atoms with E-state index in [0.717, 1.165) is 30.5 Å². The molecule has 1 saturated heterocycles. The van der Waals surface area contributed by atoms with Gasteiger partial charge >= 0.3 is 0 Å². The van der Waals surface area contributed by atoms with Gasteiger partial charge in [-0.25, -0.2) is 4.98 Å². The zero-order valence-corrected chi connectivity index (χ0v) is 14.9. The summed E-state index contributed by atoms with van der Waals surface area (Å²) in [6, 6.07) is 7.86. The molecule has 7 heteroatoms. The van der Waals surface area contributed by atoms with Gasteiger partial charge in [0.05, 0.1) is 17.2 Å². The highest BCUT2D eigenvalue weighted by Gasteiger charge is 2.40. The number of hydrogen-bond acceptors (Lipinski definition) is 4. The van der Waals surface area contributed by atoms with Gasteiger partial charge in [0.1, 0.15) is 5.69 Å². The molecule has 1 amide bonds. The van der Waals surface area contributed by atoms with Gasteiger partial charge in [-0.1, -0.05) is 18.6 Å². The summed E-state index contributed by atoms with van der Waals surface area (Å²) in [5.74, 6) is 0.993. The summed E-state index contributed by atoms with van der Waals surface area (Å²) >= 11 is 0. The summed E-state index contributed by atoms with van der Waals surface area (Å²) < 4.78 is 0. The van der Waals surface area contributed by atoms with Crippen LogP contribution in [0.1, 0.15) is 29.8 Å². The Bertz CT molecular complexity index is 727. The van der Waals surface area contributed by atoms with Gasteiger partial charge in [0.25, 0.3) is 5.91 Å². The first-order valence-electron chi connectivity index (χ1n) is 7.99. The molecule has 2 fully saturated rings. The van der Waals surface area contributed by atoms with Gasteiger partial charge in [0.15, 0.2) is 0 Å². The number of aromatic nitrogens is 2. The Balaban J connectivity index is 0.00000104. The fraction of sp³-hybridized carbons (Fsp3) is 0.471. The maximum absolute atomic E-state index is 12.7. The van der Waals surface area contributed by atoms with E-state index in [9.17, 15) is 4.79 Å². The van der Waals surface area contributed by atoms with Crippen LogP contribution in [0.2, 0.25) is 0 Å². The third-order valence-corrected chi connectivity index (χ3v) is 5.11. The van der Waals surface area contributed by atoms with Crippen molar-refractivity contribution < 1.29 is 4.79 Å². The van der Waals surface area contributed by atoms with Crippen molar-refractivity contribution in [3.05, 3.63) is 36.2 Å². The number of halogens is 2. The topological polar surface area (TPSA) is 72.1 Å². The molecule has 3 unspecified atom stereocenters. The quantitative estimate of drug-likeness (QED) is 0.839. The lowest BCUT2D eigenvalue weighted by Gasteiger charge is -2.29. The molecule has 1 aromatic carbocycles. The van der Waals surface area contributed by atoms with Crippen molar-refractivity contribution in [2.45, 2.75) is 25.3 Å². The minimum atomic E-state index is -0.0140. The van der Waals surface area contributed by atoms with E-state index in [0.29, 0.717) is 17.5 Å². The van der Waals surface area contributed by atoms with Crippen molar-refractivity contribution in [3.63, 3.8) is 0 Å². The molecule has 5 nitrogen and oxygen atoms in total. The van der Waals surface area contributed by atoms with E-state index in [1.807, 2.05) is 29.2 Å². The lowest BCUT2D eigenvalue weighted by molar-refractivity contribution is 0.0777. The van der Waals surface area contributed by atoms with Crippen molar-refractivity contribution in [2.24, 2.45) is 17.6 Å². The molecule has 2 aliphatic rings. The van der Waals surface area contributed by atoms with E-state index in [1.165, 1.54) is 12.8 Å².